The molecule has 3 rings (SSSR count). The summed E-state index contributed by atoms with van der Waals surface area (Å²) in [7, 11) is 0. The van der Waals surface area contributed by atoms with Gasteiger partial charge < -0.3 is 10.1 Å². The van der Waals surface area contributed by atoms with Crippen molar-refractivity contribution in [1.82, 2.24) is 5.32 Å². The van der Waals surface area contributed by atoms with Crippen molar-refractivity contribution in [2.45, 2.75) is 45.6 Å². The maximum Gasteiger partial charge on any atom is 0.258 e. The lowest BCUT2D eigenvalue weighted by Crippen LogP contribution is -2.40. The Morgan fingerprint density at radius 1 is 1.25 bits per heavy atom. The number of hydrogen-bond donors (Lipinski definition) is 1. The lowest BCUT2D eigenvalue weighted by molar-refractivity contribution is -0.124. The van der Waals surface area contributed by atoms with E-state index in [0.29, 0.717) is 12.0 Å². The van der Waals surface area contributed by atoms with Crippen LogP contribution in [-0.4, -0.2) is 18.6 Å². The summed E-state index contributed by atoms with van der Waals surface area (Å²) in [6.45, 7) is 4.24. The predicted molar refractivity (Wildman–Crippen MR) is 78.8 cm³/mol. The number of carbonyl (C=O) groups excluding carboxylic acids is 1. The third-order valence-corrected chi connectivity index (χ3v) is 4.93. The molecule has 1 N–H and O–H groups in total. The van der Waals surface area contributed by atoms with Crippen molar-refractivity contribution < 1.29 is 9.53 Å². The smallest absolute Gasteiger partial charge is 0.258 e. The van der Waals surface area contributed by atoms with Gasteiger partial charge in [-0.2, -0.15) is 0 Å². The van der Waals surface area contributed by atoms with Crippen LogP contribution in [0.3, 0.4) is 0 Å². The standard InChI is InChI=1S/C17H23NO2/c1-11-3-6-15(7-12(11)2)20-10-17(19)18-16-9-13-4-5-14(16)8-13/h3,6-7,13-14,16H,4-5,8-10H2,1-2H3,(H,18,19). The Morgan fingerprint density at radius 2 is 2.10 bits per heavy atom. The normalized spacial score (nSPS) is 27.6. The van der Waals surface area contributed by atoms with Crippen LogP contribution in [0.1, 0.15) is 36.8 Å². The lowest BCUT2D eigenvalue weighted by atomic mass is 9.95. The van der Waals surface area contributed by atoms with Gasteiger partial charge in [0.1, 0.15) is 5.75 Å². The molecular weight excluding hydrogens is 250 g/mol. The first-order valence-electron chi connectivity index (χ1n) is 7.61. The van der Waals surface area contributed by atoms with Gasteiger partial charge in [0.25, 0.3) is 5.91 Å². The second-order valence-corrected chi connectivity index (χ2v) is 6.38. The molecule has 1 aromatic carbocycles. The molecule has 3 nitrogen and oxygen atoms in total. The fourth-order valence-electron chi connectivity index (χ4n) is 3.62. The summed E-state index contributed by atoms with van der Waals surface area (Å²) in [5, 5.41) is 3.14. The van der Waals surface area contributed by atoms with E-state index < -0.39 is 0 Å². The highest BCUT2D eigenvalue weighted by Crippen LogP contribution is 2.44. The maximum absolute atomic E-state index is 12.0. The van der Waals surface area contributed by atoms with Gasteiger partial charge in [-0.3, -0.25) is 4.79 Å². The van der Waals surface area contributed by atoms with E-state index in [1.165, 1.54) is 36.8 Å². The molecule has 2 aliphatic carbocycles. The molecule has 2 fully saturated rings. The fourth-order valence-corrected chi connectivity index (χ4v) is 3.62. The highest BCUT2D eigenvalue weighted by molar-refractivity contribution is 5.78. The van der Waals surface area contributed by atoms with Gasteiger partial charge in [-0.1, -0.05) is 12.5 Å². The second kappa shape index (κ2) is 5.47. The minimum Gasteiger partial charge on any atom is -0.484 e. The zero-order chi connectivity index (χ0) is 14.1. The predicted octanol–water partition coefficient (Wildman–Crippen LogP) is 2.99. The number of rotatable bonds is 4. The third kappa shape index (κ3) is 2.82. The Hall–Kier alpha value is -1.51. The van der Waals surface area contributed by atoms with Crippen LogP contribution < -0.4 is 10.1 Å². The summed E-state index contributed by atoms with van der Waals surface area (Å²) in [6.07, 6.45) is 5.12. The van der Waals surface area contributed by atoms with Crippen LogP contribution >= 0.6 is 0 Å². The number of nitrogens with one attached hydrogen (secondary N) is 1. The van der Waals surface area contributed by atoms with E-state index in [9.17, 15) is 4.79 Å². The molecule has 2 saturated carbocycles. The van der Waals surface area contributed by atoms with Crippen LogP contribution in [0.15, 0.2) is 18.2 Å². The fraction of sp³-hybridized carbons (Fsp3) is 0.588. The van der Waals surface area contributed by atoms with E-state index >= 15 is 0 Å². The third-order valence-electron chi connectivity index (χ3n) is 4.93. The first kappa shape index (κ1) is 13.5. The van der Waals surface area contributed by atoms with Crippen LogP contribution in [0, 0.1) is 25.7 Å². The summed E-state index contributed by atoms with van der Waals surface area (Å²) in [5.74, 6) is 2.36. The molecule has 0 heterocycles. The Balaban J connectivity index is 1.48. The summed E-state index contributed by atoms with van der Waals surface area (Å²) in [4.78, 5) is 12.0. The highest BCUT2D eigenvalue weighted by atomic mass is 16.5. The lowest BCUT2D eigenvalue weighted by Gasteiger charge is -2.22. The van der Waals surface area contributed by atoms with Crippen molar-refractivity contribution in [2.75, 3.05) is 6.61 Å². The molecule has 1 aromatic rings. The summed E-state index contributed by atoms with van der Waals surface area (Å²) in [5.41, 5.74) is 2.43. The van der Waals surface area contributed by atoms with Crippen molar-refractivity contribution in [3.63, 3.8) is 0 Å². The van der Waals surface area contributed by atoms with Crippen molar-refractivity contribution >= 4 is 5.91 Å². The minimum atomic E-state index is 0.0146. The summed E-state index contributed by atoms with van der Waals surface area (Å²) in [6, 6.07) is 6.33. The zero-order valence-corrected chi connectivity index (χ0v) is 12.3. The van der Waals surface area contributed by atoms with Gasteiger partial charge >= 0.3 is 0 Å². The number of amides is 1. The van der Waals surface area contributed by atoms with Gasteiger partial charge in [0, 0.05) is 6.04 Å². The molecule has 3 unspecified atom stereocenters. The van der Waals surface area contributed by atoms with Crippen LogP contribution in [0.25, 0.3) is 0 Å². The molecule has 0 spiro atoms. The largest absolute Gasteiger partial charge is 0.484 e. The molecular formula is C17H23NO2. The van der Waals surface area contributed by atoms with Crippen LogP contribution in [0.5, 0.6) is 5.75 Å². The quantitative estimate of drug-likeness (QED) is 0.916. The number of benzene rings is 1. The first-order valence-corrected chi connectivity index (χ1v) is 7.61. The molecule has 108 valence electrons. The number of ether oxygens (including phenoxy) is 1. The van der Waals surface area contributed by atoms with E-state index in [-0.39, 0.29) is 12.5 Å². The van der Waals surface area contributed by atoms with Crippen LogP contribution in [0.4, 0.5) is 0 Å². The average Bonchev–Trinajstić information content (AvgIpc) is 3.02. The van der Waals surface area contributed by atoms with Crippen molar-refractivity contribution in [3.8, 4) is 5.75 Å². The maximum atomic E-state index is 12.0. The van der Waals surface area contributed by atoms with E-state index in [1.807, 2.05) is 18.2 Å². The summed E-state index contributed by atoms with van der Waals surface area (Å²) >= 11 is 0. The Bertz CT molecular complexity index is 512. The monoisotopic (exact) mass is 273 g/mol. The number of fused-ring (bicyclic) bond motifs is 2. The van der Waals surface area contributed by atoms with Crippen molar-refractivity contribution in [1.29, 1.82) is 0 Å². The van der Waals surface area contributed by atoms with Gasteiger partial charge in [0.15, 0.2) is 6.61 Å². The Morgan fingerprint density at radius 3 is 2.75 bits per heavy atom. The van der Waals surface area contributed by atoms with Gasteiger partial charge in [0.2, 0.25) is 0 Å². The van der Waals surface area contributed by atoms with Gasteiger partial charge in [-0.15, -0.1) is 0 Å². The molecule has 0 aliphatic heterocycles. The van der Waals surface area contributed by atoms with E-state index in [2.05, 4.69) is 19.2 Å². The second-order valence-electron chi connectivity index (χ2n) is 6.38. The molecule has 3 heteroatoms. The van der Waals surface area contributed by atoms with Crippen LogP contribution in [0.2, 0.25) is 0 Å². The molecule has 0 radical (unpaired) electrons. The first-order chi connectivity index (χ1) is 9.61. The summed E-state index contributed by atoms with van der Waals surface area (Å²) < 4.78 is 5.58. The van der Waals surface area contributed by atoms with Crippen LogP contribution in [-0.2, 0) is 4.79 Å². The van der Waals surface area contributed by atoms with Gasteiger partial charge in [-0.25, -0.2) is 0 Å². The van der Waals surface area contributed by atoms with Gasteiger partial charge in [0.05, 0.1) is 0 Å². The van der Waals surface area contributed by atoms with E-state index in [4.69, 9.17) is 4.74 Å². The van der Waals surface area contributed by atoms with E-state index in [1.54, 1.807) is 0 Å². The van der Waals surface area contributed by atoms with Crippen molar-refractivity contribution in [3.05, 3.63) is 29.3 Å². The Labute approximate surface area is 120 Å². The highest BCUT2D eigenvalue weighted by Gasteiger charge is 2.40. The zero-order valence-electron chi connectivity index (χ0n) is 12.3. The van der Waals surface area contributed by atoms with E-state index in [0.717, 1.165) is 11.7 Å². The molecule has 1 amide bonds. The minimum absolute atomic E-state index is 0.0146. The molecule has 2 bridgehead atoms. The molecule has 20 heavy (non-hydrogen) atoms. The topological polar surface area (TPSA) is 38.3 Å². The number of aryl methyl sites for hydroxylation is 2. The molecule has 0 aromatic heterocycles. The molecule has 2 aliphatic rings. The Kier molecular flexibility index (Phi) is 3.68. The molecule has 3 atom stereocenters. The SMILES string of the molecule is Cc1ccc(OCC(=O)NC2CC3CCC2C3)cc1C. The van der Waals surface area contributed by atoms with Gasteiger partial charge in [-0.05, 0) is 68.2 Å². The average molecular weight is 273 g/mol. The number of hydrogen-bond acceptors (Lipinski definition) is 2. The van der Waals surface area contributed by atoms with Crippen molar-refractivity contribution in [2.24, 2.45) is 11.8 Å². The number of carbonyl (C=O) groups is 1. The molecule has 0 saturated heterocycles.